The van der Waals surface area contributed by atoms with Gasteiger partial charge in [0, 0.05) is 17.5 Å². The Labute approximate surface area is 141 Å². The first-order chi connectivity index (χ1) is 11.0. The van der Waals surface area contributed by atoms with Crippen molar-refractivity contribution in [3.8, 4) is 0 Å². The molecule has 0 fully saturated rings. The van der Waals surface area contributed by atoms with Gasteiger partial charge in [-0.05, 0) is 43.2 Å². The van der Waals surface area contributed by atoms with Gasteiger partial charge >= 0.3 is 5.97 Å². The molecule has 0 aromatic carbocycles. The lowest BCUT2D eigenvalue weighted by atomic mass is 9.97. The molecule has 23 heavy (non-hydrogen) atoms. The van der Waals surface area contributed by atoms with Crippen molar-refractivity contribution in [1.29, 1.82) is 0 Å². The first-order valence-electron chi connectivity index (χ1n) is 8.29. The topological polar surface area (TPSA) is 60.9 Å². The molecule has 1 aromatic rings. The van der Waals surface area contributed by atoms with Crippen LogP contribution in [0.15, 0.2) is 11.4 Å². The highest BCUT2D eigenvalue weighted by molar-refractivity contribution is 7.10. The molecular weight excluding hydrogens is 312 g/mol. The third kappa shape index (κ3) is 4.12. The van der Waals surface area contributed by atoms with Crippen molar-refractivity contribution in [2.24, 2.45) is 0 Å². The van der Waals surface area contributed by atoms with Gasteiger partial charge in [0.05, 0.1) is 19.1 Å². The van der Waals surface area contributed by atoms with Crippen molar-refractivity contribution < 1.29 is 14.7 Å². The average Bonchev–Trinajstić information content (AvgIpc) is 3.00. The summed E-state index contributed by atoms with van der Waals surface area (Å²) in [4.78, 5) is 29.0. The third-order valence-electron chi connectivity index (χ3n) is 4.69. The number of carbonyl (C=O) groups excluding carboxylic acids is 1. The predicted molar refractivity (Wildman–Crippen MR) is 91.7 cm³/mol. The lowest BCUT2D eigenvalue weighted by Gasteiger charge is -2.37. The molecule has 0 aliphatic carbocycles. The number of carbonyl (C=O) groups is 2. The summed E-state index contributed by atoms with van der Waals surface area (Å²) in [6, 6.07) is 2.33. The normalized spacial score (nSPS) is 18.8. The molecule has 1 amide bonds. The standard InChI is InChI=1S/C17H26N2O3S/c1-4-12(3)18(11-17(21)22)10-16(20)19-8-6-15-13(7-9-23-15)14(19)5-2/h7,9,12,14H,4-6,8,10-11H2,1-3H3,(H,21,22)/t12-,14+/m0/s1. The fraction of sp³-hybridized carbons (Fsp3) is 0.647. The number of fused-ring (bicyclic) bond motifs is 1. The number of rotatable bonds is 7. The maximum absolute atomic E-state index is 12.8. The van der Waals surface area contributed by atoms with E-state index >= 15 is 0 Å². The largest absolute Gasteiger partial charge is 0.480 e. The Bertz CT molecular complexity index is 558. The van der Waals surface area contributed by atoms with Gasteiger partial charge in [0.25, 0.3) is 0 Å². The highest BCUT2D eigenvalue weighted by Gasteiger charge is 2.31. The van der Waals surface area contributed by atoms with E-state index in [-0.39, 0.29) is 31.1 Å². The molecular formula is C17H26N2O3S. The van der Waals surface area contributed by atoms with Gasteiger partial charge in [0.1, 0.15) is 0 Å². The van der Waals surface area contributed by atoms with Crippen LogP contribution in [0.3, 0.4) is 0 Å². The Hall–Kier alpha value is -1.40. The minimum atomic E-state index is -0.885. The van der Waals surface area contributed by atoms with E-state index in [2.05, 4.69) is 18.4 Å². The quantitative estimate of drug-likeness (QED) is 0.830. The number of carboxylic acids is 1. The summed E-state index contributed by atoms with van der Waals surface area (Å²) in [6.45, 7) is 6.90. The van der Waals surface area contributed by atoms with Crippen LogP contribution in [0.1, 0.15) is 50.1 Å². The van der Waals surface area contributed by atoms with Crippen molar-refractivity contribution in [2.45, 2.75) is 52.1 Å². The molecule has 2 atom stereocenters. The number of hydrogen-bond acceptors (Lipinski definition) is 4. The molecule has 0 radical (unpaired) electrons. The molecule has 1 aliphatic heterocycles. The number of aliphatic carboxylic acids is 1. The lowest BCUT2D eigenvalue weighted by Crippen LogP contribution is -2.48. The minimum Gasteiger partial charge on any atom is -0.480 e. The van der Waals surface area contributed by atoms with E-state index in [1.807, 2.05) is 18.7 Å². The molecule has 0 saturated carbocycles. The Morgan fingerprint density at radius 2 is 2.17 bits per heavy atom. The van der Waals surface area contributed by atoms with E-state index in [0.717, 1.165) is 25.8 Å². The van der Waals surface area contributed by atoms with Crippen LogP contribution in [0.4, 0.5) is 0 Å². The SMILES string of the molecule is CC[C@@H]1c2ccsc2CCN1C(=O)CN(CC(=O)O)[C@@H](C)CC. The minimum absolute atomic E-state index is 0.0373. The van der Waals surface area contributed by atoms with Crippen LogP contribution in [0.25, 0.3) is 0 Å². The Morgan fingerprint density at radius 3 is 2.78 bits per heavy atom. The Morgan fingerprint density at radius 1 is 1.43 bits per heavy atom. The van der Waals surface area contributed by atoms with E-state index in [1.54, 1.807) is 16.2 Å². The van der Waals surface area contributed by atoms with Gasteiger partial charge < -0.3 is 10.0 Å². The van der Waals surface area contributed by atoms with Crippen molar-refractivity contribution in [2.75, 3.05) is 19.6 Å². The second-order valence-electron chi connectivity index (χ2n) is 6.12. The average molecular weight is 338 g/mol. The van der Waals surface area contributed by atoms with Gasteiger partial charge in [0.15, 0.2) is 0 Å². The Kier molecular flexibility index (Phi) is 6.18. The maximum Gasteiger partial charge on any atom is 0.317 e. The summed E-state index contributed by atoms with van der Waals surface area (Å²) in [6.07, 6.45) is 2.61. The van der Waals surface area contributed by atoms with E-state index in [1.165, 1.54) is 10.4 Å². The molecule has 5 nitrogen and oxygen atoms in total. The van der Waals surface area contributed by atoms with Gasteiger partial charge in [-0.2, -0.15) is 0 Å². The summed E-state index contributed by atoms with van der Waals surface area (Å²) in [5, 5.41) is 11.2. The van der Waals surface area contributed by atoms with Crippen LogP contribution in [0.2, 0.25) is 0 Å². The zero-order valence-electron chi connectivity index (χ0n) is 14.1. The second-order valence-corrected chi connectivity index (χ2v) is 7.12. The molecule has 128 valence electrons. The predicted octanol–water partition coefficient (Wildman–Crippen LogP) is 2.77. The van der Waals surface area contributed by atoms with Gasteiger partial charge in [-0.3, -0.25) is 14.5 Å². The summed E-state index contributed by atoms with van der Waals surface area (Å²) < 4.78 is 0. The van der Waals surface area contributed by atoms with Crippen LogP contribution in [0, 0.1) is 0 Å². The summed E-state index contributed by atoms with van der Waals surface area (Å²) in [7, 11) is 0. The molecule has 2 heterocycles. The monoisotopic (exact) mass is 338 g/mol. The van der Waals surface area contributed by atoms with Crippen LogP contribution < -0.4 is 0 Å². The smallest absolute Gasteiger partial charge is 0.317 e. The van der Waals surface area contributed by atoms with Gasteiger partial charge in [0.2, 0.25) is 5.91 Å². The number of hydrogen-bond donors (Lipinski definition) is 1. The Balaban J connectivity index is 2.11. The van der Waals surface area contributed by atoms with Crippen LogP contribution >= 0.6 is 11.3 Å². The van der Waals surface area contributed by atoms with Gasteiger partial charge in [-0.25, -0.2) is 0 Å². The van der Waals surface area contributed by atoms with Crippen molar-refractivity contribution >= 4 is 23.2 Å². The number of amides is 1. The third-order valence-corrected chi connectivity index (χ3v) is 5.69. The first kappa shape index (κ1) is 17.9. The van der Waals surface area contributed by atoms with Crippen LogP contribution in [0.5, 0.6) is 0 Å². The molecule has 6 heteroatoms. The van der Waals surface area contributed by atoms with Gasteiger partial charge in [-0.1, -0.05) is 13.8 Å². The number of thiophene rings is 1. The molecule has 0 saturated heterocycles. The highest BCUT2D eigenvalue weighted by atomic mass is 32.1. The zero-order chi connectivity index (χ0) is 17.0. The van der Waals surface area contributed by atoms with E-state index in [4.69, 9.17) is 5.11 Å². The molecule has 1 aromatic heterocycles. The summed E-state index contributed by atoms with van der Waals surface area (Å²) >= 11 is 1.76. The highest BCUT2D eigenvalue weighted by Crippen LogP contribution is 2.35. The fourth-order valence-electron chi connectivity index (χ4n) is 3.20. The zero-order valence-corrected chi connectivity index (χ0v) is 14.9. The number of nitrogens with zero attached hydrogens (tertiary/aromatic N) is 2. The summed E-state index contributed by atoms with van der Waals surface area (Å²) in [5.41, 5.74) is 1.27. The van der Waals surface area contributed by atoms with Crippen molar-refractivity contribution in [1.82, 2.24) is 9.80 Å². The number of carboxylic acid groups (broad SMARTS) is 1. The summed E-state index contributed by atoms with van der Waals surface area (Å²) in [5.74, 6) is -0.848. The van der Waals surface area contributed by atoms with Crippen molar-refractivity contribution in [3.63, 3.8) is 0 Å². The van der Waals surface area contributed by atoms with E-state index in [9.17, 15) is 9.59 Å². The molecule has 2 rings (SSSR count). The fourth-order valence-corrected chi connectivity index (χ4v) is 4.13. The molecule has 0 bridgehead atoms. The van der Waals surface area contributed by atoms with Crippen LogP contribution in [-0.2, 0) is 16.0 Å². The molecule has 0 spiro atoms. The second kappa shape index (κ2) is 7.93. The maximum atomic E-state index is 12.8. The van der Waals surface area contributed by atoms with Gasteiger partial charge in [-0.15, -0.1) is 11.3 Å². The molecule has 1 N–H and O–H groups in total. The molecule has 0 unspecified atom stereocenters. The first-order valence-corrected chi connectivity index (χ1v) is 9.17. The van der Waals surface area contributed by atoms with Crippen LogP contribution in [-0.4, -0.2) is 52.5 Å². The van der Waals surface area contributed by atoms with E-state index in [0.29, 0.717) is 0 Å². The van der Waals surface area contributed by atoms with E-state index < -0.39 is 5.97 Å². The van der Waals surface area contributed by atoms with Crippen molar-refractivity contribution in [3.05, 3.63) is 21.9 Å². The molecule has 1 aliphatic rings. The lowest BCUT2D eigenvalue weighted by molar-refractivity contribution is -0.141.